The van der Waals surface area contributed by atoms with Gasteiger partial charge in [0.2, 0.25) is 0 Å². The largest absolute Gasteiger partial charge is 0.426 e. The van der Waals surface area contributed by atoms with Crippen LogP contribution in [0, 0.1) is 13.8 Å². The lowest BCUT2D eigenvalue weighted by atomic mass is 9.99. The fourth-order valence-corrected chi connectivity index (χ4v) is 2.43. The molecule has 0 heterocycles. The summed E-state index contributed by atoms with van der Waals surface area (Å²) in [6.07, 6.45) is 7.45. The Morgan fingerprint density at radius 3 is 2.36 bits per heavy atom. The predicted molar refractivity (Wildman–Crippen MR) is 93.4 cm³/mol. The van der Waals surface area contributed by atoms with Gasteiger partial charge in [0.05, 0.1) is 0 Å². The lowest BCUT2D eigenvalue weighted by Gasteiger charge is -2.12. The van der Waals surface area contributed by atoms with E-state index in [-0.39, 0.29) is 5.97 Å². The smallest absolute Gasteiger partial charge is 0.308 e. The second kappa shape index (κ2) is 8.57. The maximum Gasteiger partial charge on any atom is 0.308 e. The van der Waals surface area contributed by atoms with Crippen LogP contribution in [-0.4, -0.2) is 5.97 Å². The molecule has 0 bridgehead atoms. The monoisotopic (exact) mass is 300 g/mol. The van der Waals surface area contributed by atoms with E-state index in [1.165, 1.54) is 23.6 Å². The van der Waals surface area contributed by atoms with E-state index < -0.39 is 0 Å². The number of aryl methyl sites for hydroxylation is 2. The van der Waals surface area contributed by atoms with Gasteiger partial charge in [0.1, 0.15) is 5.75 Å². The number of carbonyl (C=O) groups excluding carboxylic acids is 1. The summed E-state index contributed by atoms with van der Waals surface area (Å²) >= 11 is 0. The molecule has 0 atom stereocenters. The first kappa shape index (κ1) is 18.2. The molecule has 0 aliphatic rings. The van der Waals surface area contributed by atoms with E-state index in [4.69, 9.17) is 4.74 Å². The number of benzene rings is 1. The van der Waals surface area contributed by atoms with Crippen LogP contribution in [-0.2, 0) is 11.2 Å². The molecule has 1 aromatic rings. The summed E-state index contributed by atoms with van der Waals surface area (Å²) in [5.41, 5.74) is 6.11. The van der Waals surface area contributed by atoms with Gasteiger partial charge >= 0.3 is 5.97 Å². The van der Waals surface area contributed by atoms with Crippen molar-refractivity contribution in [3.05, 3.63) is 52.1 Å². The molecule has 0 radical (unpaired) electrons. The molecule has 1 rings (SSSR count). The lowest BCUT2D eigenvalue weighted by molar-refractivity contribution is -0.131. The van der Waals surface area contributed by atoms with Crippen molar-refractivity contribution in [2.75, 3.05) is 0 Å². The molecule has 0 aromatic heterocycles. The third kappa shape index (κ3) is 6.30. The van der Waals surface area contributed by atoms with Crippen LogP contribution in [0.25, 0.3) is 0 Å². The van der Waals surface area contributed by atoms with Crippen molar-refractivity contribution in [3.8, 4) is 5.75 Å². The van der Waals surface area contributed by atoms with Crippen molar-refractivity contribution in [2.24, 2.45) is 0 Å². The molecule has 1 aromatic carbocycles. The van der Waals surface area contributed by atoms with Crippen molar-refractivity contribution in [1.29, 1.82) is 0 Å². The van der Waals surface area contributed by atoms with Gasteiger partial charge in [0.15, 0.2) is 0 Å². The van der Waals surface area contributed by atoms with Crippen molar-refractivity contribution < 1.29 is 9.53 Å². The Balaban J connectivity index is 2.87. The topological polar surface area (TPSA) is 26.3 Å². The molecular weight excluding hydrogens is 272 g/mol. The zero-order chi connectivity index (χ0) is 16.7. The summed E-state index contributed by atoms with van der Waals surface area (Å²) in [6.45, 7) is 11.9. The van der Waals surface area contributed by atoms with Gasteiger partial charge in [-0.25, -0.2) is 0 Å². The van der Waals surface area contributed by atoms with Gasteiger partial charge in [-0.1, -0.05) is 29.4 Å². The van der Waals surface area contributed by atoms with Gasteiger partial charge in [0.25, 0.3) is 0 Å². The average Bonchev–Trinajstić information content (AvgIpc) is 2.36. The summed E-state index contributed by atoms with van der Waals surface area (Å²) in [4.78, 5) is 11.3. The Morgan fingerprint density at radius 2 is 1.77 bits per heavy atom. The second-order valence-electron chi connectivity index (χ2n) is 6.23. The number of hydrogen-bond donors (Lipinski definition) is 0. The standard InChI is InChI=1S/C20H28O2/c1-14(2)8-7-9-15(3)10-11-19-17(5)12-16(4)13-20(19)22-18(6)21/h8,10,12-13H,7,9,11H2,1-6H3/b15-10+. The SMILES string of the molecule is CC(=O)Oc1cc(C)cc(C)c1C/C=C(\C)CCC=C(C)C. The van der Waals surface area contributed by atoms with Crippen molar-refractivity contribution in [2.45, 2.75) is 60.8 Å². The molecule has 0 aliphatic carbocycles. The zero-order valence-corrected chi connectivity index (χ0v) is 14.7. The van der Waals surface area contributed by atoms with Crippen LogP contribution in [0.2, 0.25) is 0 Å². The van der Waals surface area contributed by atoms with E-state index in [9.17, 15) is 4.79 Å². The number of hydrogen-bond acceptors (Lipinski definition) is 2. The maximum atomic E-state index is 11.3. The van der Waals surface area contributed by atoms with Crippen LogP contribution in [0.4, 0.5) is 0 Å². The van der Waals surface area contributed by atoms with Gasteiger partial charge in [-0.2, -0.15) is 0 Å². The molecule has 2 heteroatoms. The van der Waals surface area contributed by atoms with Crippen LogP contribution < -0.4 is 4.74 Å². The molecule has 0 fully saturated rings. The van der Waals surface area contributed by atoms with Gasteiger partial charge in [-0.05, 0) is 71.1 Å². The highest BCUT2D eigenvalue weighted by Crippen LogP contribution is 2.26. The zero-order valence-electron chi connectivity index (χ0n) is 14.7. The van der Waals surface area contributed by atoms with Gasteiger partial charge in [0, 0.05) is 12.5 Å². The molecule has 0 unspecified atom stereocenters. The van der Waals surface area contributed by atoms with E-state index in [1.807, 2.05) is 13.0 Å². The third-order valence-electron chi connectivity index (χ3n) is 3.58. The van der Waals surface area contributed by atoms with Gasteiger partial charge < -0.3 is 4.74 Å². The number of carbonyl (C=O) groups is 1. The number of esters is 1. The molecule has 0 saturated heterocycles. The molecule has 0 aliphatic heterocycles. The Labute approximate surface area is 134 Å². The third-order valence-corrected chi connectivity index (χ3v) is 3.58. The highest BCUT2D eigenvalue weighted by atomic mass is 16.5. The lowest BCUT2D eigenvalue weighted by Crippen LogP contribution is -2.05. The Morgan fingerprint density at radius 1 is 1.09 bits per heavy atom. The molecule has 0 amide bonds. The van der Waals surface area contributed by atoms with Gasteiger partial charge in [-0.15, -0.1) is 0 Å². The van der Waals surface area contributed by atoms with E-state index in [0.717, 1.165) is 30.4 Å². The molecule has 0 N–H and O–H groups in total. The number of allylic oxidation sites excluding steroid dienone is 4. The minimum atomic E-state index is -0.268. The minimum Gasteiger partial charge on any atom is -0.426 e. The van der Waals surface area contributed by atoms with Crippen molar-refractivity contribution in [3.63, 3.8) is 0 Å². The summed E-state index contributed by atoms with van der Waals surface area (Å²) in [5.74, 6) is 0.425. The predicted octanol–water partition coefficient (Wildman–Crippen LogP) is 5.46. The Kier molecular flexibility index (Phi) is 7.10. The Hall–Kier alpha value is -1.83. The van der Waals surface area contributed by atoms with Crippen LogP contribution in [0.3, 0.4) is 0 Å². The highest BCUT2D eigenvalue weighted by Gasteiger charge is 2.09. The van der Waals surface area contributed by atoms with E-state index in [1.54, 1.807) is 0 Å². The quantitative estimate of drug-likeness (QED) is 0.396. The molecule has 0 spiro atoms. The maximum absolute atomic E-state index is 11.3. The first-order chi connectivity index (χ1) is 10.3. The van der Waals surface area contributed by atoms with Crippen LogP contribution in [0.15, 0.2) is 35.4 Å². The summed E-state index contributed by atoms with van der Waals surface area (Å²) in [6, 6.07) is 4.07. The van der Waals surface area contributed by atoms with E-state index in [0.29, 0.717) is 5.75 Å². The Bertz CT molecular complexity index is 588. The highest BCUT2D eigenvalue weighted by molar-refractivity contribution is 5.70. The molecule has 0 saturated carbocycles. The van der Waals surface area contributed by atoms with Crippen LogP contribution in [0.5, 0.6) is 5.75 Å². The molecular formula is C20H28O2. The van der Waals surface area contributed by atoms with Crippen LogP contribution in [0.1, 0.15) is 57.2 Å². The minimum absolute atomic E-state index is 0.268. The van der Waals surface area contributed by atoms with Crippen LogP contribution >= 0.6 is 0 Å². The summed E-state index contributed by atoms with van der Waals surface area (Å²) < 4.78 is 5.37. The summed E-state index contributed by atoms with van der Waals surface area (Å²) in [5, 5.41) is 0. The average molecular weight is 300 g/mol. The first-order valence-corrected chi connectivity index (χ1v) is 7.87. The molecule has 120 valence electrons. The molecule has 2 nitrogen and oxygen atoms in total. The number of rotatable bonds is 6. The van der Waals surface area contributed by atoms with Crippen molar-refractivity contribution in [1.82, 2.24) is 0 Å². The normalized spacial score (nSPS) is 11.3. The first-order valence-electron chi connectivity index (χ1n) is 7.87. The fourth-order valence-electron chi connectivity index (χ4n) is 2.43. The van der Waals surface area contributed by atoms with E-state index in [2.05, 4.69) is 45.9 Å². The number of ether oxygens (including phenoxy) is 1. The van der Waals surface area contributed by atoms with E-state index >= 15 is 0 Å². The van der Waals surface area contributed by atoms with Gasteiger partial charge in [-0.3, -0.25) is 4.79 Å². The summed E-state index contributed by atoms with van der Waals surface area (Å²) in [7, 11) is 0. The fraction of sp³-hybridized carbons (Fsp3) is 0.450. The molecule has 22 heavy (non-hydrogen) atoms. The second-order valence-corrected chi connectivity index (χ2v) is 6.23. The van der Waals surface area contributed by atoms with Crippen molar-refractivity contribution >= 4 is 5.97 Å².